The second-order valence-electron chi connectivity index (χ2n) is 3.84. The molecule has 114 valence electrons. The lowest BCUT2D eigenvalue weighted by molar-refractivity contribution is 0.227. The van der Waals surface area contributed by atoms with Gasteiger partial charge in [-0.05, 0) is 37.6 Å². The van der Waals surface area contributed by atoms with Crippen LogP contribution in [0.1, 0.15) is 19.4 Å². The number of benzene rings is 1. The average Bonchev–Trinajstić information content (AvgIpc) is 2.45. The topological polar surface area (TPSA) is 106 Å². The Morgan fingerprint density at radius 3 is 2.29 bits per heavy atom. The van der Waals surface area contributed by atoms with E-state index in [0.717, 1.165) is 0 Å². The first kappa shape index (κ1) is 17.4. The van der Waals surface area contributed by atoms with Crippen molar-refractivity contribution in [3.63, 3.8) is 0 Å². The van der Waals surface area contributed by atoms with Crippen LogP contribution in [0, 0.1) is 16.5 Å². The van der Waals surface area contributed by atoms with Crippen molar-refractivity contribution in [3.8, 4) is 6.07 Å². The summed E-state index contributed by atoms with van der Waals surface area (Å²) in [7, 11) is -3.65. The maximum atomic E-state index is 12.5. The highest BCUT2D eigenvalue weighted by atomic mass is 31.2. The molecule has 1 N–H and O–H groups in total. The van der Waals surface area contributed by atoms with Gasteiger partial charge in [-0.3, -0.25) is 9.77 Å². The van der Waals surface area contributed by atoms with E-state index in [1.165, 1.54) is 30.3 Å². The van der Waals surface area contributed by atoms with Crippen molar-refractivity contribution >= 4 is 19.4 Å². The molecule has 0 unspecified atom stereocenters. The highest BCUT2D eigenvalue weighted by Gasteiger charge is 2.29. The van der Waals surface area contributed by atoms with Gasteiger partial charge in [0.05, 0.1) is 18.9 Å². The summed E-state index contributed by atoms with van der Waals surface area (Å²) in [5.41, 5.74) is 0.570. The fourth-order valence-electron chi connectivity index (χ4n) is 1.54. The molecule has 0 heterocycles. The number of allylic oxidation sites excluding steroid dienone is 1. The largest absolute Gasteiger partial charge is 0.733 e. The van der Waals surface area contributed by atoms with Crippen LogP contribution in [0.4, 0.5) is 5.69 Å². The predicted molar refractivity (Wildman–Crippen MR) is 78.5 cm³/mol. The van der Waals surface area contributed by atoms with E-state index in [1.807, 2.05) is 6.07 Å². The first-order valence-corrected chi connectivity index (χ1v) is 7.78. The Balaban J connectivity index is 3.13. The quantitative estimate of drug-likeness (QED) is 0.466. The molecule has 0 atom stereocenters. The fourth-order valence-corrected chi connectivity index (χ4v) is 3.01. The standard InChI is InChI=1S/C13H16N2O5P/c1-3-19-21(18,20-4-2)13(10-14)9-11-5-7-12(8-6-11)15(16)17/h5-9,16H,3-4H2,1-2H3/q-1/b13-9+. The summed E-state index contributed by atoms with van der Waals surface area (Å²) in [6.07, 6.45) is 1.36. The molecule has 7 nitrogen and oxygen atoms in total. The van der Waals surface area contributed by atoms with Crippen LogP contribution in [-0.2, 0) is 13.6 Å². The van der Waals surface area contributed by atoms with E-state index in [0.29, 0.717) is 5.56 Å². The molecule has 0 aliphatic carbocycles. The van der Waals surface area contributed by atoms with Crippen LogP contribution in [0.5, 0.6) is 0 Å². The van der Waals surface area contributed by atoms with Gasteiger partial charge in [-0.1, -0.05) is 12.1 Å². The number of anilines is 1. The van der Waals surface area contributed by atoms with Gasteiger partial charge in [0, 0.05) is 0 Å². The molecule has 0 aliphatic heterocycles. The zero-order valence-corrected chi connectivity index (χ0v) is 12.6. The number of rotatable bonds is 7. The van der Waals surface area contributed by atoms with Crippen LogP contribution in [0.3, 0.4) is 0 Å². The Bertz CT molecular complexity index is 567. The summed E-state index contributed by atoms with van der Waals surface area (Å²) in [5, 5.41) is 28.2. The van der Waals surface area contributed by atoms with E-state index in [4.69, 9.17) is 14.3 Å². The minimum absolute atomic E-state index is 0.0449. The summed E-state index contributed by atoms with van der Waals surface area (Å²) >= 11 is 0. The summed E-state index contributed by atoms with van der Waals surface area (Å²) in [4.78, 5) is 0. The number of nitriles is 1. The molecule has 0 aliphatic rings. The first-order chi connectivity index (χ1) is 9.96. The molecule has 0 fully saturated rings. The molecule has 0 amide bonds. The fraction of sp³-hybridized carbons (Fsp3) is 0.308. The average molecular weight is 311 g/mol. The third kappa shape index (κ3) is 4.67. The SMILES string of the molecule is CCOP(=O)(OCC)/C(C#N)=C/c1ccc(N([O-])O)cc1. The predicted octanol–water partition coefficient (Wildman–Crippen LogP) is 3.51. The second kappa shape index (κ2) is 7.93. The first-order valence-electron chi connectivity index (χ1n) is 6.24. The van der Waals surface area contributed by atoms with Gasteiger partial charge in [-0.2, -0.15) is 5.26 Å². The van der Waals surface area contributed by atoms with Crippen LogP contribution in [0.2, 0.25) is 0 Å². The van der Waals surface area contributed by atoms with Crippen molar-refractivity contribution < 1.29 is 18.8 Å². The lowest BCUT2D eigenvalue weighted by Crippen LogP contribution is -2.06. The zero-order valence-electron chi connectivity index (χ0n) is 11.7. The van der Waals surface area contributed by atoms with E-state index >= 15 is 0 Å². The molecular formula is C13H16N2O5P-. The third-order valence-corrected chi connectivity index (χ3v) is 4.44. The van der Waals surface area contributed by atoms with Crippen LogP contribution in [0.25, 0.3) is 6.08 Å². The van der Waals surface area contributed by atoms with Gasteiger partial charge in [0.1, 0.15) is 11.4 Å². The van der Waals surface area contributed by atoms with Gasteiger partial charge in [0.2, 0.25) is 0 Å². The van der Waals surface area contributed by atoms with Crippen molar-refractivity contribution in [1.82, 2.24) is 0 Å². The Kier molecular flexibility index (Phi) is 6.56. The van der Waals surface area contributed by atoms with Crippen molar-refractivity contribution in [3.05, 3.63) is 40.4 Å². The van der Waals surface area contributed by atoms with Crippen LogP contribution in [0.15, 0.2) is 29.6 Å². The van der Waals surface area contributed by atoms with Crippen LogP contribution >= 0.6 is 7.60 Å². The van der Waals surface area contributed by atoms with E-state index in [9.17, 15) is 15.0 Å². The van der Waals surface area contributed by atoms with E-state index in [-0.39, 0.29) is 29.4 Å². The molecule has 0 spiro atoms. The summed E-state index contributed by atoms with van der Waals surface area (Å²) < 4.78 is 22.7. The van der Waals surface area contributed by atoms with E-state index in [1.54, 1.807) is 13.8 Å². The van der Waals surface area contributed by atoms with Gasteiger partial charge >= 0.3 is 7.60 Å². The smallest absolute Gasteiger partial charge is 0.371 e. The Morgan fingerprint density at radius 1 is 1.38 bits per heavy atom. The van der Waals surface area contributed by atoms with Crippen LogP contribution < -0.4 is 5.23 Å². The maximum absolute atomic E-state index is 12.5. The Hall–Kier alpha value is -1.68. The van der Waals surface area contributed by atoms with Gasteiger partial charge < -0.3 is 19.5 Å². The molecule has 0 radical (unpaired) electrons. The molecule has 0 aromatic heterocycles. The zero-order chi connectivity index (χ0) is 15.9. The third-order valence-electron chi connectivity index (χ3n) is 2.43. The molecule has 1 aromatic rings. The van der Waals surface area contributed by atoms with Crippen molar-refractivity contribution in [1.29, 1.82) is 5.26 Å². The van der Waals surface area contributed by atoms with Crippen molar-refractivity contribution in [2.75, 3.05) is 18.4 Å². The molecule has 21 heavy (non-hydrogen) atoms. The van der Waals surface area contributed by atoms with Crippen LogP contribution in [-0.4, -0.2) is 18.4 Å². The lowest BCUT2D eigenvalue weighted by atomic mass is 10.2. The lowest BCUT2D eigenvalue weighted by Gasteiger charge is -2.21. The number of hydrogen-bond donors (Lipinski definition) is 1. The van der Waals surface area contributed by atoms with Gasteiger partial charge in [-0.15, -0.1) is 0 Å². The van der Waals surface area contributed by atoms with Gasteiger partial charge in [-0.25, -0.2) is 0 Å². The van der Waals surface area contributed by atoms with Gasteiger partial charge in [0.15, 0.2) is 0 Å². The molecular weight excluding hydrogens is 295 g/mol. The minimum Gasteiger partial charge on any atom is -0.733 e. The highest BCUT2D eigenvalue weighted by molar-refractivity contribution is 7.59. The van der Waals surface area contributed by atoms with Crippen molar-refractivity contribution in [2.24, 2.45) is 0 Å². The van der Waals surface area contributed by atoms with E-state index in [2.05, 4.69) is 0 Å². The summed E-state index contributed by atoms with van der Waals surface area (Å²) in [6, 6.07) is 7.54. The van der Waals surface area contributed by atoms with Gasteiger partial charge in [0.25, 0.3) is 0 Å². The normalized spacial score (nSPS) is 12.0. The maximum Gasteiger partial charge on any atom is 0.371 e. The molecule has 1 aromatic carbocycles. The Morgan fingerprint density at radius 2 is 1.90 bits per heavy atom. The Labute approximate surface area is 123 Å². The highest BCUT2D eigenvalue weighted by Crippen LogP contribution is 2.56. The monoisotopic (exact) mass is 311 g/mol. The summed E-state index contributed by atoms with van der Waals surface area (Å²) in [6.45, 7) is 3.59. The number of nitrogens with zero attached hydrogens (tertiary/aromatic N) is 2. The number of hydrogen-bond acceptors (Lipinski definition) is 7. The summed E-state index contributed by atoms with van der Waals surface area (Å²) in [5.74, 6) is 0. The van der Waals surface area contributed by atoms with E-state index < -0.39 is 7.60 Å². The molecule has 0 bridgehead atoms. The molecule has 8 heteroatoms. The molecule has 1 rings (SSSR count). The minimum atomic E-state index is -3.65. The van der Waals surface area contributed by atoms with Crippen molar-refractivity contribution in [2.45, 2.75) is 13.8 Å². The second-order valence-corrected chi connectivity index (χ2v) is 5.83. The molecule has 0 saturated carbocycles. The molecule has 0 saturated heterocycles.